The first-order chi connectivity index (χ1) is 5.40. The fraction of sp³-hybridized carbons (Fsp3) is 1.00. The molecule has 3 nitrogen and oxygen atoms in total. The summed E-state index contributed by atoms with van der Waals surface area (Å²) >= 11 is 0. The van der Waals surface area contributed by atoms with Gasteiger partial charge in [-0.2, -0.15) is 0 Å². The van der Waals surface area contributed by atoms with Crippen LogP contribution < -0.4 is 0 Å². The van der Waals surface area contributed by atoms with Crippen LogP contribution in [0.15, 0.2) is 0 Å². The van der Waals surface area contributed by atoms with Crippen molar-refractivity contribution in [3.05, 3.63) is 0 Å². The van der Waals surface area contributed by atoms with Gasteiger partial charge in [0.25, 0.3) is 0 Å². The highest BCUT2D eigenvalue weighted by Gasteiger charge is 2.14. The van der Waals surface area contributed by atoms with Crippen molar-refractivity contribution in [2.45, 2.75) is 33.2 Å². The number of rotatable bonds is 5. The van der Waals surface area contributed by atoms with Crippen molar-refractivity contribution in [3.63, 3.8) is 0 Å². The lowest BCUT2D eigenvalue weighted by molar-refractivity contribution is 0.248. The normalized spacial score (nSPS) is 15.1. The fourth-order valence-corrected chi connectivity index (χ4v) is 2.13. The van der Waals surface area contributed by atoms with Gasteiger partial charge in [-0.3, -0.25) is 4.90 Å². The maximum atomic E-state index is 11.0. The molecular weight excluding hydrogens is 174 g/mol. The van der Waals surface area contributed by atoms with Crippen LogP contribution in [0.3, 0.4) is 0 Å². The highest BCUT2D eigenvalue weighted by atomic mass is 32.2. The van der Waals surface area contributed by atoms with Crippen LogP contribution >= 0.6 is 0 Å². The van der Waals surface area contributed by atoms with Crippen LogP contribution in [0.5, 0.6) is 0 Å². The zero-order valence-corrected chi connectivity index (χ0v) is 9.19. The van der Waals surface area contributed by atoms with Crippen LogP contribution in [0.2, 0.25) is 0 Å². The maximum Gasteiger partial charge on any atom is 0.160 e. The number of hydrogen-bond donors (Lipinski definition) is 0. The zero-order chi connectivity index (χ0) is 9.78. The van der Waals surface area contributed by atoms with Gasteiger partial charge in [-0.05, 0) is 19.9 Å². The van der Waals surface area contributed by atoms with E-state index in [1.165, 1.54) is 6.26 Å². The van der Waals surface area contributed by atoms with Crippen LogP contribution in [0.4, 0.5) is 0 Å². The summed E-state index contributed by atoms with van der Waals surface area (Å²) in [5, 5.41) is 0. The second-order valence-corrected chi connectivity index (χ2v) is 5.33. The van der Waals surface area contributed by atoms with Crippen molar-refractivity contribution in [2.75, 3.05) is 18.7 Å². The number of hydrogen-bond acceptors (Lipinski definition) is 3. The van der Waals surface area contributed by atoms with Gasteiger partial charge in [-0.25, -0.2) is 8.42 Å². The van der Waals surface area contributed by atoms with E-state index >= 15 is 0 Å². The minimum atomic E-state index is -2.86. The molecule has 12 heavy (non-hydrogen) atoms. The standard InChI is InChI=1S/C8H19NO2S/c1-5-8(3)9(6-2)7-12(4,10)11/h8H,5-7H2,1-4H3. The smallest absolute Gasteiger partial charge is 0.160 e. The highest BCUT2D eigenvalue weighted by molar-refractivity contribution is 7.90. The second-order valence-electron chi connectivity index (χ2n) is 3.22. The Balaban J connectivity index is 4.18. The zero-order valence-electron chi connectivity index (χ0n) is 8.37. The van der Waals surface area contributed by atoms with E-state index in [1.54, 1.807) is 0 Å². The third-order valence-electron chi connectivity index (χ3n) is 2.02. The second kappa shape index (κ2) is 4.82. The van der Waals surface area contributed by atoms with E-state index in [0.717, 1.165) is 13.0 Å². The van der Waals surface area contributed by atoms with Crippen molar-refractivity contribution in [3.8, 4) is 0 Å². The Morgan fingerprint density at radius 1 is 1.33 bits per heavy atom. The molecule has 0 aromatic heterocycles. The van der Waals surface area contributed by atoms with E-state index < -0.39 is 9.84 Å². The van der Waals surface area contributed by atoms with Crippen molar-refractivity contribution < 1.29 is 8.42 Å². The van der Waals surface area contributed by atoms with Gasteiger partial charge >= 0.3 is 0 Å². The fourth-order valence-electron chi connectivity index (χ4n) is 1.09. The first-order valence-corrected chi connectivity index (χ1v) is 6.38. The summed E-state index contributed by atoms with van der Waals surface area (Å²) in [4.78, 5) is 1.97. The molecule has 74 valence electrons. The minimum Gasteiger partial charge on any atom is -0.287 e. The van der Waals surface area contributed by atoms with Gasteiger partial charge in [0.1, 0.15) is 5.88 Å². The van der Waals surface area contributed by atoms with Gasteiger partial charge in [0.15, 0.2) is 9.84 Å². The Bertz CT molecular complexity index is 211. The molecule has 4 heteroatoms. The average Bonchev–Trinajstić information content (AvgIpc) is 1.97. The van der Waals surface area contributed by atoms with Crippen LogP contribution in [-0.4, -0.2) is 38.0 Å². The summed E-state index contributed by atoms with van der Waals surface area (Å²) in [7, 11) is -2.86. The molecule has 0 saturated carbocycles. The van der Waals surface area contributed by atoms with Crippen LogP contribution in [0.1, 0.15) is 27.2 Å². The monoisotopic (exact) mass is 193 g/mol. The van der Waals surface area contributed by atoms with E-state index in [0.29, 0.717) is 6.04 Å². The van der Waals surface area contributed by atoms with E-state index in [2.05, 4.69) is 13.8 Å². The SMILES string of the molecule is CCC(C)N(CC)CS(C)(=O)=O. The summed E-state index contributed by atoms with van der Waals surface area (Å²) in [6.07, 6.45) is 2.27. The van der Waals surface area contributed by atoms with E-state index in [-0.39, 0.29) is 5.88 Å². The Morgan fingerprint density at radius 3 is 2.08 bits per heavy atom. The third-order valence-corrected chi connectivity index (χ3v) is 2.82. The average molecular weight is 193 g/mol. The van der Waals surface area contributed by atoms with Gasteiger partial charge in [0.2, 0.25) is 0 Å². The number of nitrogens with zero attached hydrogens (tertiary/aromatic N) is 1. The molecule has 0 N–H and O–H groups in total. The molecule has 0 aromatic rings. The first-order valence-electron chi connectivity index (χ1n) is 4.32. The van der Waals surface area contributed by atoms with Crippen LogP contribution in [0, 0.1) is 0 Å². The molecule has 0 radical (unpaired) electrons. The van der Waals surface area contributed by atoms with E-state index in [9.17, 15) is 8.42 Å². The molecule has 0 aromatic carbocycles. The summed E-state index contributed by atoms with van der Waals surface area (Å²) in [5.74, 6) is 0.179. The molecule has 0 aliphatic heterocycles. The summed E-state index contributed by atoms with van der Waals surface area (Å²) in [6.45, 7) is 6.89. The third kappa shape index (κ3) is 4.72. The lowest BCUT2D eigenvalue weighted by Gasteiger charge is -2.25. The maximum absolute atomic E-state index is 11.0. The molecule has 0 amide bonds. The molecule has 1 unspecified atom stereocenters. The van der Waals surface area contributed by atoms with Gasteiger partial charge in [-0.1, -0.05) is 13.8 Å². The largest absolute Gasteiger partial charge is 0.287 e. The molecule has 0 bridgehead atoms. The molecule has 0 saturated heterocycles. The Labute approximate surface area is 75.7 Å². The Hall–Kier alpha value is -0.0900. The molecule has 0 fully saturated rings. The van der Waals surface area contributed by atoms with Crippen LogP contribution in [-0.2, 0) is 9.84 Å². The Kier molecular flexibility index (Phi) is 4.78. The molecule has 0 heterocycles. The minimum absolute atomic E-state index is 0.179. The number of sulfone groups is 1. The highest BCUT2D eigenvalue weighted by Crippen LogP contribution is 2.04. The van der Waals surface area contributed by atoms with E-state index in [1.807, 2.05) is 11.8 Å². The molecular formula is C8H19NO2S. The van der Waals surface area contributed by atoms with Crippen LogP contribution in [0.25, 0.3) is 0 Å². The first kappa shape index (κ1) is 11.9. The summed E-state index contributed by atoms with van der Waals surface area (Å²) in [5.41, 5.74) is 0. The summed E-state index contributed by atoms with van der Waals surface area (Å²) in [6, 6.07) is 0.352. The molecule has 1 atom stereocenters. The predicted octanol–water partition coefficient (Wildman–Crippen LogP) is 1.11. The van der Waals surface area contributed by atoms with Crippen molar-refractivity contribution in [1.29, 1.82) is 0 Å². The quantitative estimate of drug-likeness (QED) is 0.656. The van der Waals surface area contributed by atoms with Crippen molar-refractivity contribution in [2.24, 2.45) is 0 Å². The van der Waals surface area contributed by atoms with Gasteiger partial charge in [0, 0.05) is 12.3 Å². The Morgan fingerprint density at radius 2 is 1.83 bits per heavy atom. The van der Waals surface area contributed by atoms with E-state index in [4.69, 9.17) is 0 Å². The van der Waals surface area contributed by atoms with Gasteiger partial charge in [-0.15, -0.1) is 0 Å². The molecule has 0 aliphatic carbocycles. The molecule has 0 aliphatic rings. The lowest BCUT2D eigenvalue weighted by atomic mass is 10.2. The van der Waals surface area contributed by atoms with Gasteiger partial charge < -0.3 is 0 Å². The topological polar surface area (TPSA) is 37.4 Å². The van der Waals surface area contributed by atoms with Crippen molar-refractivity contribution >= 4 is 9.84 Å². The summed E-state index contributed by atoms with van der Waals surface area (Å²) < 4.78 is 22.0. The van der Waals surface area contributed by atoms with Crippen molar-refractivity contribution in [1.82, 2.24) is 4.90 Å². The predicted molar refractivity (Wildman–Crippen MR) is 51.8 cm³/mol. The molecule has 0 spiro atoms. The molecule has 0 rings (SSSR count). The van der Waals surface area contributed by atoms with Gasteiger partial charge in [0.05, 0.1) is 0 Å². The lowest BCUT2D eigenvalue weighted by Crippen LogP contribution is -2.36.